The van der Waals surface area contributed by atoms with Gasteiger partial charge in [-0.2, -0.15) is 5.26 Å². The number of benzene rings is 3. The molecule has 3 aromatic carbocycles. The molecule has 0 spiro atoms. The number of para-hydroxylation sites is 1. The van der Waals surface area contributed by atoms with Gasteiger partial charge in [-0.3, -0.25) is 4.79 Å². The Morgan fingerprint density at radius 3 is 2.30 bits per heavy atom. The van der Waals surface area contributed by atoms with E-state index in [2.05, 4.69) is 11.4 Å². The van der Waals surface area contributed by atoms with Gasteiger partial charge in [-0.05, 0) is 74.7 Å². The van der Waals surface area contributed by atoms with E-state index in [4.69, 9.17) is 9.72 Å². The van der Waals surface area contributed by atoms with Crippen LogP contribution >= 0.6 is 11.8 Å². The summed E-state index contributed by atoms with van der Waals surface area (Å²) >= 11 is 1.29. The number of carbonyl (C=O) groups excluding carboxylic acids is 1. The average Bonchev–Trinajstić information content (AvgIpc) is 2.91. The summed E-state index contributed by atoms with van der Waals surface area (Å²) in [6.07, 6.45) is 0. The Labute approximate surface area is 222 Å². The number of aryl methyl sites for hydroxylation is 2. The summed E-state index contributed by atoms with van der Waals surface area (Å²) in [5.41, 5.74) is 6.62. The van der Waals surface area contributed by atoms with Crippen LogP contribution in [-0.2, 0) is 4.79 Å². The Balaban J connectivity index is 1.73. The topological polar surface area (TPSA) is 75.0 Å². The number of carbonyl (C=O) groups is 1. The van der Waals surface area contributed by atoms with Crippen molar-refractivity contribution >= 4 is 23.4 Å². The number of hydrogen-bond acceptors (Lipinski definition) is 5. The molecule has 1 amide bonds. The number of nitrogens with zero attached hydrogens (tertiary/aromatic N) is 2. The molecule has 1 atom stereocenters. The summed E-state index contributed by atoms with van der Waals surface area (Å²) in [6.45, 7) is 8.32. The van der Waals surface area contributed by atoms with E-state index in [9.17, 15) is 10.1 Å². The number of rotatable bonds is 8. The molecule has 37 heavy (non-hydrogen) atoms. The molecule has 0 radical (unpaired) electrons. The molecule has 0 aliphatic rings. The summed E-state index contributed by atoms with van der Waals surface area (Å²) in [5, 5.41) is 13.3. The van der Waals surface area contributed by atoms with Gasteiger partial charge in [0.2, 0.25) is 5.91 Å². The molecule has 0 saturated heterocycles. The Morgan fingerprint density at radius 2 is 1.68 bits per heavy atom. The van der Waals surface area contributed by atoms with E-state index >= 15 is 0 Å². The van der Waals surface area contributed by atoms with Crippen molar-refractivity contribution in [3.8, 4) is 34.2 Å². The first-order valence-electron chi connectivity index (χ1n) is 12.2. The third-order valence-electron chi connectivity index (χ3n) is 6.03. The highest BCUT2D eigenvalue weighted by Gasteiger charge is 2.22. The zero-order valence-corrected chi connectivity index (χ0v) is 22.2. The molecular weight excluding hydrogens is 478 g/mol. The molecule has 1 aromatic heterocycles. The number of ether oxygens (including phenoxy) is 1. The number of thioether (sulfide) groups is 1. The predicted octanol–water partition coefficient (Wildman–Crippen LogP) is 7.42. The second kappa shape index (κ2) is 11.8. The van der Waals surface area contributed by atoms with Crippen LogP contribution in [0.25, 0.3) is 22.4 Å². The quantitative estimate of drug-likeness (QED) is 0.251. The van der Waals surface area contributed by atoms with Gasteiger partial charge >= 0.3 is 0 Å². The maximum Gasteiger partial charge on any atom is 0.237 e. The molecule has 0 aliphatic carbocycles. The second-order valence-corrected chi connectivity index (χ2v) is 10.0. The molecule has 1 heterocycles. The lowest BCUT2D eigenvalue weighted by Gasteiger charge is -2.17. The molecule has 0 fully saturated rings. The summed E-state index contributed by atoms with van der Waals surface area (Å²) in [4.78, 5) is 18.0. The van der Waals surface area contributed by atoms with Crippen LogP contribution in [0.15, 0.2) is 83.9 Å². The van der Waals surface area contributed by atoms with E-state index in [1.807, 2.05) is 107 Å². The van der Waals surface area contributed by atoms with Crippen LogP contribution in [0.4, 0.5) is 5.69 Å². The molecule has 186 valence electrons. The minimum Gasteiger partial charge on any atom is -0.494 e. The number of pyridine rings is 1. The molecule has 4 rings (SSSR count). The molecule has 0 unspecified atom stereocenters. The van der Waals surface area contributed by atoms with Crippen LogP contribution < -0.4 is 10.1 Å². The molecule has 4 aromatic rings. The lowest BCUT2D eigenvalue weighted by Crippen LogP contribution is -2.23. The predicted molar refractivity (Wildman–Crippen MR) is 151 cm³/mol. The Kier molecular flexibility index (Phi) is 8.27. The highest BCUT2D eigenvalue weighted by molar-refractivity contribution is 8.00. The SMILES string of the molecule is CCOc1ccc(-c2cc(-c3ccccc3)c(C#N)c(S[C@@H](C)C(=O)Nc3c(C)cccc3C)n2)cc1. The van der Waals surface area contributed by atoms with Gasteiger partial charge in [0.1, 0.15) is 16.8 Å². The van der Waals surface area contributed by atoms with Crippen LogP contribution in [0.1, 0.15) is 30.5 Å². The summed E-state index contributed by atoms with van der Waals surface area (Å²) in [5.74, 6) is 0.649. The van der Waals surface area contributed by atoms with E-state index in [0.29, 0.717) is 17.2 Å². The van der Waals surface area contributed by atoms with Crippen molar-refractivity contribution in [3.05, 3.63) is 95.6 Å². The number of nitriles is 1. The molecular formula is C31H29N3O2S. The zero-order valence-electron chi connectivity index (χ0n) is 21.4. The monoisotopic (exact) mass is 507 g/mol. The Morgan fingerprint density at radius 1 is 1.00 bits per heavy atom. The number of nitrogens with one attached hydrogen (secondary N) is 1. The first-order chi connectivity index (χ1) is 17.9. The fourth-order valence-corrected chi connectivity index (χ4v) is 4.98. The third kappa shape index (κ3) is 6.02. The fourth-order valence-electron chi connectivity index (χ4n) is 4.05. The van der Waals surface area contributed by atoms with Crippen LogP contribution in [0.2, 0.25) is 0 Å². The largest absolute Gasteiger partial charge is 0.494 e. The van der Waals surface area contributed by atoms with Crippen molar-refractivity contribution < 1.29 is 9.53 Å². The van der Waals surface area contributed by atoms with Gasteiger partial charge in [0.15, 0.2) is 0 Å². The molecule has 0 bridgehead atoms. The summed E-state index contributed by atoms with van der Waals surface area (Å²) < 4.78 is 5.58. The van der Waals surface area contributed by atoms with Crippen molar-refractivity contribution in [2.45, 2.75) is 38.0 Å². The normalized spacial score (nSPS) is 11.4. The number of anilines is 1. The van der Waals surface area contributed by atoms with Crippen LogP contribution in [-0.4, -0.2) is 22.7 Å². The average molecular weight is 508 g/mol. The first-order valence-corrected chi connectivity index (χ1v) is 13.1. The number of amides is 1. The van der Waals surface area contributed by atoms with Crippen molar-refractivity contribution in [3.63, 3.8) is 0 Å². The fraction of sp³-hybridized carbons (Fsp3) is 0.194. The lowest BCUT2D eigenvalue weighted by molar-refractivity contribution is -0.115. The highest BCUT2D eigenvalue weighted by atomic mass is 32.2. The van der Waals surface area contributed by atoms with Gasteiger partial charge < -0.3 is 10.1 Å². The van der Waals surface area contributed by atoms with Gasteiger partial charge in [-0.1, -0.05) is 60.3 Å². The maximum atomic E-state index is 13.2. The van der Waals surface area contributed by atoms with E-state index in [1.54, 1.807) is 0 Å². The highest BCUT2D eigenvalue weighted by Crippen LogP contribution is 2.36. The number of hydrogen-bond donors (Lipinski definition) is 1. The van der Waals surface area contributed by atoms with E-state index in [-0.39, 0.29) is 5.91 Å². The number of aromatic nitrogens is 1. The van der Waals surface area contributed by atoms with Crippen LogP contribution in [0.3, 0.4) is 0 Å². The van der Waals surface area contributed by atoms with Crippen molar-refractivity contribution in [2.24, 2.45) is 0 Å². The zero-order chi connectivity index (χ0) is 26.4. The van der Waals surface area contributed by atoms with Crippen molar-refractivity contribution in [1.29, 1.82) is 5.26 Å². The van der Waals surface area contributed by atoms with E-state index < -0.39 is 5.25 Å². The van der Waals surface area contributed by atoms with Crippen LogP contribution in [0, 0.1) is 25.2 Å². The van der Waals surface area contributed by atoms with Gasteiger partial charge in [-0.15, -0.1) is 0 Å². The molecule has 6 heteroatoms. The Bertz CT molecular complexity index is 1420. The van der Waals surface area contributed by atoms with Gasteiger partial charge in [0.25, 0.3) is 0 Å². The molecule has 0 saturated carbocycles. The van der Waals surface area contributed by atoms with Crippen LogP contribution in [0.5, 0.6) is 5.75 Å². The summed E-state index contributed by atoms with van der Waals surface area (Å²) in [6, 6.07) is 27.7. The second-order valence-electron chi connectivity index (χ2n) is 8.69. The van der Waals surface area contributed by atoms with Gasteiger partial charge in [0.05, 0.1) is 23.1 Å². The maximum absolute atomic E-state index is 13.2. The minimum atomic E-state index is -0.474. The first kappa shape index (κ1) is 26.0. The molecule has 0 aliphatic heterocycles. The summed E-state index contributed by atoms with van der Waals surface area (Å²) in [7, 11) is 0. The standard InChI is InChI=1S/C31H29N3O2S/c1-5-36-25-16-14-24(15-17-25)28-18-26(23-12-7-6-8-13-23)27(19-32)31(33-28)37-22(4)30(35)34-29-20(2)10-9-11-21(29)3/h6-18,22H,5H2,1-4H3,(H,34,35)/t22-/m0/s1. The molecule has 5 nitrogen and oxygen atoms in total. The van der Waals surface area contributed by atoms with Crippen molar-refractivity contribution in [1.82, 2.24) is 4.98 Å². The van der Waals surface area contributed by atoms with Gasteiger partial charge in [0, 0.05) is 16.8 Å². The Hall–Kier alpha value is -4.08. The molecule has 1 N–H and O–H groups in total. The smallest absolute Gasteiger partial charge is 0.237 e. The van der Waals surface area contributed by atoms with E-state index in [1.165, 1.54) is 11.8 Å². The van der Waals surface area contributed by atoms with Crippen molar-refractivity contribution in [2.75, 3.05) is 11.9 Å². The van der Waals surface area contributed by atoms with Gasteiger partial charge in [-0.25, -0.2) is 4.98 Å². The van der Waals surface area contributed by atoms with E-state index in [0.717, 1.165) is 44.9 Å². The minimum absolute atomic E-state index is 0.138. The third-order valence-corrected chi connectivity index (χ3v) is 7.12. The lowest BCUT2D eigenvalue weighted by atomic mass is 9.99.